The van der Waals surface area contributed by atoms with Gasteiger partial charge in [-0.05, 0) is 12.8 Å². The lowest BCUT2D eigenvalue weighted by molar-refractivity contribution is -0.138. The molecule has 1 fully saturated rings. The van der Waals surface area contributed by atoms with Gasteiger partial charge in [-0.25, -0.2) is 18.1 Å². The van der Waals surface area contributed by atoms with Gasteiger partial charge in [0.25, 0.3) is 0 Å². The van der Waals surface area contributed by atoms with Crippen LogP contribution in [0.2, 0.25) is 0 Å². The first-order valence-electron chi connectivity index (χ1n) is 6.20. The smallest absolute Gasteiger partial charge is 0.322 e. The number of aliphatic carboxylic acids is 1. The summed E-state index contributed by atoms with van der Waals surface area (Å²) in [6.45, 7) is 0. The highest BCUT2D eigenvalue weighted by atomic mass is 32.2. The minimum absolute atomic E-state index is 0.0568. The van der Waals surface area contributed by atoms with E-state index in [-0.39, 0.29) is 6.42 Å². The summed E-state index contributed by atoms with van der Waals surface area (Å²) in [6.07, 6.45) is 5.94. The monoisotopic (exact) mass is 287 g/mol. The third kappa shape index (κ3) is 3.54. The number of aromatic nitrogens is 2. The second-order valence-corrected chi connectivity index (χ2v) is 6.73. The summed E-state index contributed by atoms with van der Waals surface area (Å²) in [4.78, 5) is 17.7. The molecule has 1 atom stereocenters. The van der Waals surface area contributed by atoms with Gasteiger partial charge in [0.2, 0.25) is 10.0 Å². The molecule has 0 radical (unpaired) electrons. The number of nitrogens with zero attached hydrogens (tertiary/aromatic N) is 1. The maximum absolute atomic E-state index is 12.1. The number of hydrogen-bond donors (Lipinski definition) is 3. The number of sulfonamides is 1. The molecule has 19 heavy (non-hydrogen) atoms. The minimum atomic E-state index is -3.57. The summed E-state index contributed by atoms with van der Waals surface area (Å²) in [7, 11) is -3.57. The third-order valence-electron chi connectivity index (χ3n) is 3.32. The van der Waals surface area contributed by atoms with Gasteiger partial charge in [-0.15, -0.1) is 0 Å². The largest absolute Gasteiger partial charge is 0.480 e. The second-order valence-electron chi connectivity index (χ2n) is 4.74. The molecule has 0 bridgehead atoms. The average Bonchev–Trinajstić information content (AvgIpc) is 3.00. The van der Waals surface area contributed by atoms with Crippen molar-refractivity contribution in [2.24, 2.45) is 0 Å². The van der Waals surface area contributed by atoms with Crippen molar-refractivity contribution in [1.29, 1.82) is 0 Å². The normalized spacial score (nSPS) is 18.5. The van der Waals surface area contributed by atoms with E-state index in [4.69, 9.17) is 5.11 Å². The van der Waals surface area contributed by atoms with Gasteiger partial charge in [0.15, 0.2) is 0 Å². The number of aromatic amines is 1. The number of imidazole rings is 1. The van der Waals surface area contributed by atoms with Crippen LogP contribution in [0.4, 0.5) is 0 Å². The summed E-state index contributed by atoms with van der Waals surface area (Å²) in [5, 5.41) is 8.66. The van der Waals surface area contributed by atoms with Crippen molar-refractivity contribution >= 4 is 16.0 Å². The summed E-state index contributed by atoms with van der Waals surface area (Å²) in [5.74, 6) is -1.18. The highest BCUT2D eigenvalue weighted by Crippen LogP contribution is 2.24. The number of H-pyrrole nitrogens is 1. The van der Waals surface area contributed by atoms with E-state index in [2.05, 4.69) is 14.7 Å². The molecular weight excluding hydrogens is 270 g/mol. The standard InChI is InChI=1S/C11H17N3O4S/c15-11(16)10(5-8-6-12-7-13-8)14-19(17,18)9-3-1-2-4-9/h6-7,9-10,14H,1-5H2,(H,12,13)(H,15,16)/t10-/m0/s1. The zero-order chi connectivity index (χ0) is 13.9. The van der Waals surface area contributed by atoms with E-state index in [1.165, 1.54) is 12.5 Å². The van der Waals surface area contributed by atoms with Crippen LogP contribution >= 0.6 is 0 Å². The molecule has 1 saturated carbocycles. The Balaban J connectivity index is 2.06. The molecule has 1 aromatic rings. The average molecular weight is 287 g/mol. The van der Waals surface area contributed by atoms with Gasteiger partial charge < -0.3 is 10.1 Å². The lowest BCUT2D eigenvalue weighted by Crippen LogP contribution is -2.45. The quantitative estimate of drug-likeness (QED) is 0.695. The maximum atomic E-state index is 12.1. The number of carbonyl (C=O) groups is 1. The fourth-order valence-corrected chi connectivity index (χ4v) is 4.02. The fraction of sp³-hybridized carbons (Fsp3) is 0.636. The Labute approximate surface area is 111 Å². The van der Waals surface area contributed by atoms with Gasteiger partial charge >= 0.3 is 5.97 Å². The van der Waals surface area contributed by atoms with Crippen molar-refractivity contribution in [2.75, 3.05) is 0 Å². The van der Waals surface area contributed by atoms with Gasteiger partial charge in [0.05, 0.1) is 11.6 Å². The number of carboxylic acids is 1. The Bertz CT molecular complexity index is 520. The van der Waals surface area contributed by atoms with E-state index in [0.29, 0.717) is 18.5 Å². The lowest BCUT2D eigenvalue weighted by Gasteiger charge is -2.17. The first-order valence-corrected chi connectivity index (χ1v) is 7.75. The Hall–Kier alpha value is -1.41. The van der Waals surface area contributed by atoms with Crippen LogP contribution < -0.4 is 4.72 Å². The van der Waals surface area contributed by atoms with Crippen LogP contribution in [0.25, 0.3) is 0 Å². The topological polar surface area (TPSA) is 112 Å². The summed E-state index contributed by atoms with van der Waals surface area (Å²) >= 11 is 0. The van der Waals surface area contributed by atoms with E-state index >= 15 is 0 Å². The van der Waals surface area contributed by atoms with Crippen LogP contribution in [0.15, 0.2) is 12.5 Å². The van der Waals surface area contributed by atoms with E-state index in [1.807, 2.05) is 0 Å². The number of hydrogen-bond acceptors (Lipinski definition) is 4. The molecule has 0 saturated heterocycles. The second kappa shape index (κ2) is 5.70. The molecule has 7 nitrogen and oxygen atoms in total. The minimum Gasteiger partial charge on any atom is -0.480 e. The van der Waals surface area contributed by atoms with Crippen molar-refractivity contribution in [1.82, 2.24) is 14.7 Å². The van der Waals surface area contributed by atoms with Gasteiger partial charge in [0.1, 0.15) is 6.04 Å². The van der Waals surface area contributed by atoms with Crippen molar-refractivity contribution in [3.05, 3.63) is 18.2 Å². The Morgan fingerprint density at radius 1 is 1.53 bits per heavy atom. The molecule has 0 spiro atoms. The summed E-state index contributed by atoms with van der Waals surface area (Å²) in [5.41, 5.74) is 0.585. The van der Waals surface area contributed by atoms with Crippen molar-refractivity contribution in [3.8, 4) is 0 Å². The molecule has 1 aliphatic carbocycles. The molecule has 0 aromatic carbocycles. The Morgan fingerprint density at radius 2 is 2.21 bits per heavy atom. The molecule has 1 heterocycles. The molecule has 0 amide bonds. The molecule has 0 unspecified atom stereocenters. The van der Waals surface area contributed by atoms with Crippen molar-refractivity contribution in [3.63, 3.8) is 0 Å². The van der Waals surface area contributed by atoms with E-state index in [1.54, 1.807) is 0 Å². The molecule has 8 heteroatoms. The zero-order valence-electron chi connectivity index (χ0n) is 10.4. The van der Waals surface area contributed by atoms with Crippen LogP contribution in [0.3, 0.4) is 0 Å². The fourth-order valence-electron chi connectivity index (χ4n) is 2.29. The number of rotatable bonds is 6. The Morgan fingerprint density at radius 3 is 2.74 bits per heavy atom. The van der Waals surface area contributed by atoms with Gasteiger partial charge in [-0.3, -0.25) is 4.79 Å². The van der Waals surface area contributed by atoms with E-state index in [0.717, 1.165) is 12.8 Å². The molecule has 1 aromatic heterocycles. The predicted molar refractivity (Wildman–Crippen MR) is 68.0 cm³/mol. The Kier molecular flexibility index (Phi) is 4.20. The van der Waals surface area contributed by atoms with Gasteiger partial charge in [-0.1, -0.05) is 12.8 Å². The number of carboxylic acid groups (broad SMARTS) is 1. The van der Waals surface area contributed by atoms with Crippen LogP contribution in [0, 0.1) is 0 Å². The maximum Gasteiger partial charge on any atom is 0.322 e. The van der Waals surface area contributed by atoms with Crippen LogP contribution in [0.5, 0.6) is 0 Å². The lowest BCUT2D eigenvalue weighted by atomic mass is 10.2. The van der Waals surface area contributed by atoms with Gasteiger partial charge in [-0.2, -0.15) is 0 Å². The molecule has 1 aliphatic rings. The van der Waals surface area contributed by atoms with E-state index < -0.39 is 27.3 Å². The number of nitrogens with one attached hydrogen (secondary N) is 2. The SMILES string of the molecule is O=C(O)[C@H](Cc1cnc[nH]1)NS(=O)(=O)C1CCCC1. The van der Waals surface area contributed by atoms with Crippen molar-refractivity contribution in [2.45, 2.75) is 43.4 Å². The van der Waals surface area contributed by atoms with E-state index in [9.17, 15) is 13.2 Å². The molecular formula is C11H17N3O4S. The first-order chi connectivity index (χ1) is 8.99. The molecule has 106 valence electrons. The highest BCUT2D eigenvalue weighted by molar-refractivity contribution is 7.90. The zero-order valence-corrected chi connectivity index (χ0v) is 11.2. The third-order valence-corrected chi connectivity index (χ3v) is 5.29. The van der Waals surface area contributed by atoms with Gasteiger partial charge in [0, 0.05) is 18.3 Å². The van der Waals surface area contributed by atoms with Crippen LogP contribution in [-0.2, 0) is 21.2 Å². The highest BCUT2D eigenvalue weighted by Gasteiger charge is 2.33. The molecule has 0 aliphatic heterocycles. The summed E-state index contributed by atoms with van der Waals surface area (Å²) < 4.78 is 26.4. The molecule has 3 N–H and O–H groups in total. The summed E-state index contributed by atoms with van der Waals surface area (Å²) in [6, 6.07) is -1.16. The van der Waals surface area contributed by atoms with Crippen LogP contribution in [-0.4, -0.2) is 40.8 Å². The first kappa shape index (κ1) is 14.0. The van der Waals surface area contributed by atoms with Crippen molar-refractivity contribution < 1.29 is 18.3 Å². The predicted octanol–water partition coefficient (Wildman–Crippen LogP) is 0.267. The molecule has 2 rings (SSSR count). The van der Waals surface area contributed by atoms with Crippen LogP contribution in [0.1, 0.15) is 31.4 Å².